The fourth-order valence-electron chi connectivity index (χ4n) is 3.49. The molecule has 32 heavy (non-hydrogen) atoms. The molecular formula is C24H21ClFN3O3. The topological polar surface area (TPSA) is 56.6 Å². The Kier molecular flexibility index (Phi) is 5.76. The van der Waals surface area contributed by atoms with Gasteiger partial charge in [-0.15, -0.1) is 0 Å². The van der Waals surface area contributed by atoms with E-state index < -0.39 is 5.82 Å². The first-order valence-electron chi connectivity index (χ1n) is 9.76. The molecule has 0 unspecified atom stereocenters. The number of benzene rings is 3. The zero-order chi connectivity index (χ0) is 23.0. The third-order valence-corrected chi connectivity index (χ3v) is 5.45. The van der Waals surface area contributed by atoms with E-state index in [0.29, 0.717) is 27.4 Å². The van der Waals surface area contributed by atoms with Crippen molar-refractivity contribution >= 4 is 28.4 Å². The standard InChI is InChI=1S/C24H21ClFN3O3/c1-28(2)24(30)23-17-11-14(15-6-10-21(31-3)18(25)12-15)5-9-20(17)29(27-23)16-7-8-19(26)22(13-16)32-4/h5-13H,1-4H3. The van der Waals surface area contributed by atoms with E-state index >= 15 is 0 Å². The summed E-state index contributed by atoms with van der Waals surface area (Å²) in [7, 11) is 6.30. The Bertz CT molecular complexity index is 1330. The van der Waals surface area contributed by atoms with Gasteiger partial charge in [0.2, 0.25) is 0 Å². The number of methoxy groups -OCH3 is 2. The van der Waals surface area contributed by atoms with Crippen LogP contribution in [0.2, 0.25) is 5.02 Å². The SMILES string of the molecule is COc1cc(-n2nc(C(=O)N(C)C)c3cc(-c4ccc(OC)c(Cl)c4)ccc32)ccc1F. The van der Waals surface area contributed by atoms with Gasteiger partial charge in [0, 0.05) is 25.5 Å². The number of carbonyl (C=O) groups excluding carboxylic acids is 1. The second-order valence-electron chi connectivity index (χ2n) is 7.36. The Morgan fingerprint density at radius 2 is 1.66 bits per heavy atom. The van der Waals surface area contributed by atoms with Crippen LogP contribution in [-0.2, 0) is 0 Å². The van der Waals surface area contributed by atoms with Crippen LogP contribution in [0.4, 0.5) is 4.39 Å². The lowest BCUT2D eigenvalue weighted by atomic mass is 10.0. The largest absolute Gasteiger partial charge is 0.495 e. The van der Waals surface area contributed by atoms with Crippen LogP contribution in [0.5, 0.6) is 11.5 Å². The molecule has 0 bridgehead atoms. The molecular weight excluding hydrogens is 433 g/mol. The number of aromatic nitrogens is 2. The van der Waals surface area contributed by atoms with E-state index in [4.69, 9.17) is 21.1 Å². The molecule has 1 aromatic heterocycles. The highest BCUT2D eigenvalue weighted by atomic mass is 35.5. The van der Waals surface area contributed by atoms with Crippen molar-refractivity contribution in [3.05, 3.63) is 71.1 Å². The number of nitrogens with zero attached hydrogens (tertiary/aromatic N) is 3. The molecule has 0 aliphatic carbocycles. The predicted molar refractivity (Wildman–Crippen MR) is 123 cm³/mol. The second-order valence-corrected chi connectivity index (χ2v) is 7.77. The van der Waals surface area contributed by atoms with Gasteiger partial charge in [0.15, 0.2) is 17.3 Å². The van der Waals surface area contributed by atoms with Crippen molar-refractivity contribution in [2.45, 2.75) is 0 Å². The summed E-state index contributed by atoms with van der Waals surface area (Å²) in [5.74, 6) is -0.0436. The summed E-state index contributed by atoms with van der Waals surface area (Å²) >= 11 is 6.30. The maximum Gasteiger partial charge on any atom is 0.274 e. The first-order valence-corrected chi connectivity index (χ1v) is 10.1. The van der Waals surface area contributed by atoms with E-state index in [1.807, 2.05) is 30.3 Å². The number of fused-ring (bicyclic) bond motifs is 1. The minimum atomic E-state index is -0.476. The van der Waals surface area contributed by atoms with Crippen LogP contribution in [0.25, 0.3) is 27.7 Å². The molecule has 0 spiro atoms. The number of rotatable bonds is 5. The van der Waals surface area contributed by atoms with Gasteiger partial charge < -0.3 is 14.4 Å². The van der Waals surface area contributed by atoms with Crippen LogP contribution in [0.1, 0.15) is 10.5 Å². The summed E-state index contributed by atoms with van der Waals surface area (Å²) in [5.41, 5.74) is 3.30. The molecule has 1 heterocycles. The van der Waals surface area contributed by atoms with Gasteiger partial charge in [-0.05, 0) is 47.5 Å². The molecule has 3 aromatic carbocycles. The summed E-state index contributed by atoms with van der Waals surface area (Å²) in [6.07, 6.45) is 0. The molecule has 164 valence electrons. The van der Waals surface area contributed by atoms with Gasteiger partial charge in [0.1, 0.15) is 5.75 Å². The fraction of sp³-hybridized carbons (Fsp3) is 0.167. The molecule has 1 amide bonds. The molecule has 6 nitrogen and oxygen atoms in total. The summed E-state index contributed by atoms with van der Waals surface area (Å²) in [5, 5.41) is 5.72. The minimum Gasteiger partial charge on any atom is -0.495 e. The monoisotopic (exact) mass is 453 g/mol. The molecule has 0 atom stereocenters. The molecule has 0 aliphatic rings. The minimum absolute atomic E-state index is 0.0936. The Hall–Kier alpha value is -3.58. The van der Waals surface area contributed by atoms with Crippen LogP contribution in [0, 0.1) is 5.82 Å². The lowest BCUT2D eigenvalue weighted by Crippen LogP contribution is -2.22. The molecule has 0 aliphatic heterocycles. The maximum absolute atomic E-state index is 13.9. The Labute approximate surface area is 189 Å². The number of ether oxygens (including phenoxy) is 2. The highest BCUT2D eigenvalue weighted by molar-refractivity contribution is 6.32. The highest BCUT2D eigenvalue weighted by Gasteiger charge is 2.21. The average molecular weight is 454 g/mol. The highest BCUT2D eigenvalue weighted by Crippen LogP contribution is 2.33. The number of halogens is 2. The second kappa shape index (κ2) is 8.51. The first-order chi connectivity index (χ1) is 15.3. The van der Waals surface area contributed by atoms with E-state index in [1.165, 1.54) is 18.1 Å². The van der Waals surface area contributed by atoms with Gasteiger partial charge in [0.05, 0.1) is 30.4 Å². The maximum atomic E-state index is 13.9. The van der Waals surface area contributed by atoms with Gasteiger partial charge in [-0.1, -0.05) is 23.7 Å². The zero-order valence-electron chi connectivity index (χ0n) is 18.0. The van der Waals surface area contributed by atoms with Crippen molar-refractivity contribution in [3.8, 4) is 28.3 Å². The molecule has 0 fully saturated rings. The van der Waals surface area contributed by atoms with Crippen LogP contribution < -0.4 is 9.47 Å². The third kappa shape index (κ3) is 3.76. The number of hydrogen-bond donors (Lipinski definition) is 0. The summed E-state index contributed by atoms with van der Waals surface area (Å²) in [4.78, 5) is 14.4. The van der Waals surface area contributed by atoms with Crippen molar-refractivity contribution in [1.29, 1.82) is 0 Å². The summed E-state index contributed by atoms with van der Waals surface area (Å²) in [6, 6.07) is 15.6. The molecule has 0 saturated carbocycles. The predicted octanol–water partition coefficient (Wildman–Crippen LogP) is 5.20. The van der Waals surface area contributed by atoms with E-state index in [2.05, 4.69) is 5.10 Å². The van der Waals surface area contributed by atoms with E-state index in [0.717, 1.165) is 11.1 Å². The number of amides is 1. The lowest BCUT2D eigenvalue weighted by Gasteiger charge is -2.09. The Morgan fingerprint density at radius 3 is 2.31 bits per heavy atom. The van der Waals surface area contributed by atoms with E-state index in [-0.39, 0.29) is 17.4 Å². The van der Waals surface area contributed by atoms with Crippen molar-refractivity contribution < 1.29 is 18.7 Å². The van der Waals surface area contributed by atoms with Gasteiger partial charge >= 0.3 is 0 Å². The van der Waals surface area contributed by atoms with E-state index in [1.54, 1.807) is 44.1 Å². The molecule has 0 N–H and O–H groups in total. The average Bonchev–Trinajstić information content (AvgIpc) is 3.17. The molecule has 0 saturated heterocycles. The smallest absolute Gasteiger partial charge is 0.274 e. The van der Waals surface area contributed by atoms with Crippen LogP contribution in [-0.4, -0.2) is 48.9 Å². The van der Waals surface area contributed by atoms with Gasteiger partial charge in [-0.3, -0.25) is 4.79 Å². The normalized spacial score (nSPS) is 10.9. The van der Waals surface area contributed by atoms with Crippen molar-refractivity contribution in [3.63, 3.8) is 0 Å². The van der Waals surface area contributed by atoms with Crippen molar-refractivity contribution in [2.24, 2.45) is 0 Å². The van der Waals surface area contributed by atoms with Crippen molar-refractivity contribution in [2.75, 3.05) is 28.3 Å². The third-order valence-electron chi connectivity index (χ3n) is 5.15. The summed E-state index contributed by atoms with van der Waals surface area (Å²) < 4.78 is 25.9. The zero-order valence-corrected chi connectivity index (χ0v) is 18.8. The molecule has 0 radical (unpaired) electrons. The van der Waals surface area contributed by atoms with Gasteiger partial charge in [0.25, 0.3) is 5.91 Å². The van der Waals surface area contributed by atoms with Crippen LogP contribution in [0.3, 0.4) is 0 Å². The first kappa shape index (κ1) is 21.6. The number of carbonyl (C=O) groups is 1. The Morgan fingerprint density at radius 1 is 0.969 bits per heavy atom. The fourth-order valence-corrected chi connectivity index (χ4v) is 3.75. The van der Waals surface area contributed by atoms with Crippen LogP contribution >= 0.6 is 11.6 Å². The molecule has 8 heteroatoms. The number of hydrogen-bond acceptors (Lipinski definition) is 4. The molecule has 4 rings (SSSR count). The quantitative estimate of drug-likeness (QED) is 0.416. The van der Waals surface area contributed by atoms with Gasteiger partial charge in [-0.25, -0.2) is 9.07 Å². The summed E-state index contributed by atoms with van der Waals surface area (Å²) in [6.45, 7) is 0. The molecule has 4 aromatic rings. The van der Waals surface area contributed by atoms with Crippen LogP contribution in [0.15, 0.2) is 54.6 Å². The van der Waals surface area contributed by atoms with Gasteiger partial charge in [-0.2, -0.15) is 5.10 Å². The van der Waals surface area contributed by atoms with E-state index in [9.17, 15) is 9.18 Å². The van der Waals surface area contributed by atoms with Crippen molar-refractivity contribution in [1.82, 2.24) is 14.7 Å². The lowest BCUT2D eigenvalue weighted by molar-refractivity contribution is 0.0823. The Balaban J connectivity index is 1.92.